The van der Waals surface area contributed by atoms with Crippen molar-refractivity contribution in [2.75, 3.05) is 61.8 Å². The first-order valence-electron chi connectivity index (χ1n) is 20.5. The Morgan fingerprint density at radius 1 is 0.850 bits per heavy atom. The van der Waals surface area contributed by atoms with Crippen LogP contribution in [0.3, 0.4) is 0 Å². The first-order chi connectivity index (χ1) is 29.0. The molecule has 60 heavy (non-hydrogen) atoms. The molecule has 5 aromatic rings. The fraction of sp³-hybridized carbons (Fsp3) is 0.326. The molecule has 0 bridgehead atoms. The van der Waals surface area contributed by atoms with Gasteiger partial charge in [-0.2, -0.15) is 0 Å². The Kier molecular flexibility index (Phi) is 16.0. The Balaban J connectivity index is 1.07. The molecule has 0 spiro atoms. The fourth-order valence-corrected chi connectivity index (χ4v) is 9.54. The number of amides is 1. The topological polar surface area (TPSA) is 128 Å². The van der Waals surface area contributed by atoms with Crippen molar-refractivity contribution in [3.8, 4) is 11.1 Å². The average Bonchev–Trinajstić information content (AvgIpc) is 3.25. The van der Waals surface area contributed by atoms with E-state index in [2.05, 4.69) is 56.8 Å². The molecule has 1 saturated heterocycles. The van der Waals surface area contributed by atoms with Crippen LogP contribution < -0.4 is 14.9 Å². The number of nitro benzene ring substituents is 1. The molecule has 0 aliphatic carbocycles. The van der Waals surface area contributed by atoms with Crippen LogP contribution in [-0.2, 0) is 16.6 Å². The van der Waals surface area contributed by atoms with E-state index in [1.807, 2.05) is 72.8 Å². The third kappa shape index (κ3) is 12.3. The SMILES string of the molecule is CCCN(CCC)CC[C@H](CSc1ccccc1)Nc1ccc(S(=O)(=O)NC(=O)c2ccc(N3CCN(Cc4ccccc4-c4ccc(Cl)cc4)CC3)cc2)cc1[N+](=O)[O-]. The van der Waals surface area contributed by atoms with E-state index in [0.29, 0.717) is 10.8 Å². The summed E-state index contributed by atoms with van der Waals surface area (Å²) in [5.74, 6) is -0.170. The highest BCUT2D eigenvalue weighted by Gasteiger charge is 2.26. The third-order valence-corrected chi connectivity index (χ3v) is 13.3. The summed E-state index contributed by atoms with van der Waals surface area (Å²) in [6, 6.07) is 36.7. The Hall–Kier alpha value is -4.92. The molecule has 1 heterocycles. The van der Waals surface area contributed by atoms with Gasteiger partial charge >= 0.3 is 0 Å². The molecule has 0 unspecified atom stereocenters. The molecule has 5 aromatic carbocycles. The van der Waals surface area contributed by atoms with Crippen molar-refractivity contribution in [1.82, 2.24) is 14.5 Å². The number of sulfonamides is 1. The molecule has 11 nitrogen and oxygen atoms in total. The highest BCUT2D eigenvalue weighted by atomic mass is 35.5. The zero-order chi connectivity index (χ0) is 42.5. The van der Waals surface area contributed by atoms with Crippen LogP contribution in [0, 0.1) is 10.1 Å². The second-order valence-corrected chi connectivity index (χ2v) is 18.2. The number of nitrogens with one attached hydrogen (secondary N) is 2. The summed E-state index contributed by atoms with van der Waals surface area (Å²) in [4.78, 5) is 32.8. The lowest BCUT2D eigenvalue weighted by Gasteiger charge is -2.36. The van der Waals surface area contributed by atoms with E-state index in [9.17, 15) is 23.3 Å². The van der Waals surface area contributed by atoms with Gasteiger partial charge in [0.15, 0.2) is 0 Å². The number of hydrogen-bond donors (Lipinski definition) is 2. The summed E-state index contributed by atoms with van der Waals surface area (Å²) in [6.07, 6.45) is 2.80. The minimum absolute atomic E-state index is 0.137. The number of nitro groups is 1. The molecule has 316 valence electrons. The Morgan fingerprint density at radius 2 is 1.52 bits per heavy atom. The van der Waals surface area contributed by atoms with Gasteiger partial charge in [0.1, 0.15) is 5.69 Å². The largest absolute Gasteiger partial charge is 0.376 e. The number of halogens is 1. The van der Waals surface area contributed by atoms with Crippen molar-refractivity contribution < 1.29 is 18.1 Å². The summed E-state index contributed by atoms with van der Waals surface area (Å²) in [7, 11) is -4.44. The molecular formula is C46H53ClN6O5S2. The monoisotopic (exact) mass is 868 g/mol. The number of carbonyl (C=O) groups is 1. The van der Waals surface area contributed by atoms with Crippen molar-refractivity contribution >= 4 is 56.4 Å². The van der Waals surface area contributed by atoms with E-state index in [0.717, 1.165) is 93.8 Å². The van der Waals surface area contributed by atoms with Gasteiger partial charge in [-0.05, 0) is 110 Å². The standard InChI is InChI=1S/C46H53ClN6O5S2/c1-3-25-50(26-4-2)27-24-39(34-59-41-11-6-5-7-12-41)48-44-23-22-42(32-45(44)53(55)56)60(57,58)49-46(54)36-16-20-40(21-17-36)52-30-28-51(29-31-52)33-37-10-8-9-13-43(37)35-14-18-38(47)19-15-35/h5-23,32,39,48H,3-4,24-31,33-34H2,1-2H3,(H,49,54)/t39-/m1/s1. The van der Waals surface area contributed by atoms with Crippen LogP contribution in [0.15, 0.2) is 131 Å². The second-order valence-electron chi connectivity index (χ2n) is 14.9. The lowest BCUT2D eigenvalue weighted by Crippen LogP contribution is -2.46. The molecule has 1 amide bonds. The van der Waals surface area contributed by atoms with E-state index >= 15 is 0 Å². The van der Waals surface area contributed by atoms with Crippen LogP contribution in [0.2, 0.25) is 5.02 Å². The predicted molar refractivity (Wildman–Crippen MR) is 245 cm³/mol. The van der Waals surface area contributed by atoms with E-state index in [1.165, 1.54) is 23.3 Å². The summed E-state index contributed by atoms with van der Waals surface area (Å²) < 4.78 is 29.1. The number of thioether (sulfide) groups is 1. The van der Waals surface area contributed by atoms with E-state index in [1.54, 1.807) is 23.9 Å². The van der Waals surface area contributed by atoms with Crippen molar-refractivity contribution in [2.24, 2.45) is 0 Å². The smallest absolute Gasteiger partial charge is 0.293 e. The number of carbonyl (C=O) groups excluding carboxylic acids is 1. The van der Waals surface area contributed by atoms with Gasteiger partial charge in [-0.3, -0.25) is 19.8 Å². The summed E-state index contributed by atoms with van der Waals surface area (Å²) in [6.45, 7) is 11.1. The molecule has 1 atom stereocenters. The van der Waals surface area contributed by atoms with Crippen molar-refractivity contribution in [3.63, 3.8) is 0 Å². The van der Waals surface area contributed by atoms with Crippen LogP contribution in [0.5, 0.6) is 0 Å². The maximum atomic E-state index is 13.5. The highest BCUT2D eigenvalue weighted by molar-refractivity contribution is 7.99. The Bertz CT molecular complexity index is 2290. The molecular weight excluding hydrogens is 816 g/mol. The summed E-state index contributed by atoms with van der Waals surface area (Å²) in [5.41, 5.74) is 4.49. The second kappa shape index (κ2) is 21.6. The predicted octanol–water partition coefficient (Wildman–Crippen LogP) is 9.44. The maximum absolute atomic E-state index is 13.5. The number of anilines is 2. The maximum Gasteiger partial charge on any atom is 0.293 e. The summed E-state index contributed by atoms with van der Waals surface area (Å²) in [5, 5.41) is 16.4. The molecule has 6 rings (SSSR count). The van der Waals surface area contributed by atoms with Gasteiger partial charge in [0.25, 0.3) is 21.6 Å². The lowest BCUT2D eigenvalue weighted by molar-refractivity contribution is -0.384. The third-order valence-electron chi connectivity index (χ3n) is 10.6. The van der Waals surface area contributed by atoms with E-state index in [4.69, 9.17) is 11.6 Å². The van der Waals surface area contributed by atoms with E-state index in [-0.39, 0.29) is 27.9 Å². The van der Waals surface area contributed by atoms with Gasteiger partial charge in [-0.25, -0.2) is 13.1 Å². The zero-order valence-electron chi connectivity index (χ0n) is 34.1. The molecule has 0 aromatic heterocycles. The quantitative estimate of drug-likeness (QED) is 0.0444. The van der Waals surface area contributed by atoms with Gasteiger partial charge in [-0.1, -0.05) is 80.0 Å². The van der Waals surface area contributed by atoms with Crippen LogP contribution in [0.4, 0.5) is 17.1 Å². The molecule has 14 heteroatoms. The van der Waals surface area contributed by atoms with E-state index < -0.39 is 20.9 Å². The first kappa shape index (κ1) is 44.6. The minimum Gasteiger partial charge on any atom is -0.376 e. The number of piperazine rings is 1. The minimum atomic E-state index is -4.44. The van der Waals surface area contributed by atoms with Crippen LogP contribution in [0.25, 0.3) is 11.1 Å². The van der Waals surface area contributed by atoms with Gasteiger partial charge in [0.2, 0.25) is 0 Å². The Labute approximate surface area is 363 Å². The molecule has 2 N–H and O–H groups in total. The first-order valence-corrected chi connectivity index (χ1v) is 23.3. The number of nitrogens with zero attached hydrogens (tertiary/aromatic N) is 4. The van der Waals surface area contributed by atoms with Crippen LogP contribution >= 0.6 is 23.4 Å². The summed E-state index contributed by atoms with van der Waals surface area (Å²) >= 11 is 7.79. The molecule has 0 radical (unpaired) electrons. The highest BCUT2D eigenvalue weighted by Crippen LogP contribution is 2.31. The molecule has 1 aliphatic heterocycles. The molecule has 1 aliphatic rings. The molecule has 0 saturated carbocycles. The number of rotatable bonds is 20. The number of benzene rings is 5. The van der Waals surface area contributed by atoms with Gasteiger partial charge in [0.05, 0.1) is 9.82 Å². The lowest BCUT2D eigenvalue weighted by atomic mass is 9.99. The zero-order valence-corrected chi connectivity index (χ0v) is 36.5. The van der Waals surface area contributed by atoms with Crippen molar-refractivity contribution in [1.29, 1.82) is 0 Å². The normalized spacial score (nSPS) is 13.9. The fourth-order valence-electron chi connectivity index (χ4n) is 7.43. The Morgan fingerprint density at radius 3 is 2.18 bits per heavy atom. The number of hydrogen-bond acceptors (Lipinski definition) is 10. The van der Waals surface area contributed by atoms with Gasteiger partial charge in [0, 0.05) is 78.3 Å². The van der Waals surface area contributed by atoms with Crippen LogP contribution in [0.1, 0.15) is 49.0 Å². The van der Waals surface area contributed by atoms with Gasteiger partial charge in [-0.15, -0.1) is 11.8 Å². The van der Waals surface area contributed by atoms with Crippen molar-refractivity contribution in [2.45, 2.75) is 55.5 Å². The molecule has 1 fully saturated rings. The van der Waals surface area contributed by atoms with Crippen molar-refractivity contribution in [3.05, 3.63) is 148 Å². The van der Waals surface area contributed by atoms with Gasteiger partial charge < -0.3 is 15.1 Å². The average molecular weight is 870 g/mol. The van der Waals surface area contributed by atoms with Crippen LogP contribution in [-0.4, -0.2) is 86.7 Å².